The zero-order chi connectivity index (χ0) is 31.5. The number of amides is 1. The number of halogens is 6. The summed E-state index contributed by atoms with van der Waals surface area (Å²) < 4.78 is 81.4. The van der Waals surface area contributed by atoms with Gasteiger partial charge in [0.1, 0.15) is 0 Å². The van der Waals surface area contributed by atoms with Gasteiger partial charge in [-0.3, -0.25) is 14.7 Å². The first-order valence-corrected chi connectivity index (χ1v) is 14.3. The standard InChI is InChI=1S/C33H32F6N4O/c34-32(35,36)27-17-26(18-28(19-27)33(37,38)39)31(44)43-13-12-42(11-9-29(40)15-23-4-3-10-41-20-23)21-30(43)16-22-7-8-24-5-1-2-6-25(24)14-22/h1-8,10,14,17-20,29-30H,9,11-13,15-16,21,40H2/t29?,30-/m1/s1. The molecule has 232 valence electrons. The van der Waals surface area contributed by atoms with Crippen LogP contribution >= 0.6 is 0 Å². The molecule has 5 nitrogen and oxygen atoms in total. The number of pyridine rings is 1. The van der Waals surface area contributed by atoms with Crippen molar-refractivity contribution in [3.05, 3.63) is 113 Å². The van der Waals surface area contributed by atoms with Gasteiger partial charge in [0.2, 0.25) is 0 Å². The van der Waals surface area contributed by atoms with E-state index in [1.165, 1.54) is 4.90 Å². The van der Waals surface area contributed by atoms with Crippen LogP contribution in [0.25, 0.3) is 10.8 Å². The highest BCUT2D eigenvalue weighted by Crippen LogP contribution is 2.37. The van der Waals surface area contributed by atoms with E-state index in [0.717, 1.165) is 21.9 Å². The highest BCUT2D eigenvalue weighted by atomic mass is 19.4. The van der Waals surface area contributed by atoms with Crippen LogP contribution in [0, 0.1) is 0 Å². The van der Waals surface area contributed by atoms with Crippen molar-refractivity contribution in [2.45, 2.75) is 43.7 Å². The molecule has 0 saturated carbocycles. The van der Waals surface area contributed by atoms with Gasteiger partial charge < -0.3 is 10.6 Å². The van der Waals surface area contributed by atoms with E-state index in [1.54, 1.807) is 12.4 Å². The summed E-state index contributed by atoms with van der Waals surface area (Å²) in [5, 5.41) is 2.02. The van der Waals surface area contributed by atoms with Crippen molar-refractivity contribution >= 4 is 16.7 Å². The molecule has 0 radical (unpaired) electrons. The number of piperazine rings is 1. The van der Waals surface area contributed by atoms with Crippen LogP contribution in [0.1, 0.15) is 39.0 Å². The number of benzene rings is 3. The maximum atomic E-state index is 13.7. The molecule has 0 aliphatic carbocycles. The lowest BCUT2D eigenvalue weighted by molar-refractivity contribution is -0.143. The molecule has 1 aliphatic rings. The minimum Gasteiger partial charge on any atom is -0.333 e. The molecule has 1 aliphatic heterocycles. The van der Waals surface area contributed by atoms with Crippen molar-refractivity contribution in [3.63, 3.8) is 0 Å². The number of hydrogen-bond acceptors (Lipinski definition) is 4. The topological polar surface area (TPSA) is 62.5 Å². The Morgan fingerprint density at radius 2 is 1.57 bits per heavy atom. The highest BCUT2D eigenvalue weighted by Gasteiger charge is 2.39. The average Bonchev–Trinajstić information content (AvgIpc) is 2.99. The van der Waals surface area contributed by atoms with Gasteiger partial charge in [0.15, 0.2) is 0 Å². The fraction of sp³-hybridized carbons (Fsp3) is 0.333. The number of carbonyl (C=O) groups excluding carboxylic acids is 1. The smallest absolute Gasteiger partial charge is 0.333 e. The molecule has 2 N–H and O–H groups in total. The summed E-state index contributed by atoms with van der Waals surface area (Å²) in [6.45, 7) is 1.57. The lowest BCUT2D eigenvalue weighted by atomic mass is 9.97. The van der Waals surface area contributed by atoms with Gasteiger partial charge in [-0.05, 0) is 72.0 Å². The van der Waals surface area contributed by atoms with E-state index >= 15 is 0 Å². The fourth-order valence-electron chi connectivity index (χ4n) is 5.72. The summed E-state index contributed by atoms with van der Waals surface area (Å²) in [5.74, 6) is -0.861. The second-order valence-corrected chi connectivity index (χ2v) is 11.2. The van der Waals surface area contributed by atoms with Crippen molar-refractivity contribution in [2.75, 3.05) is 26.2 Å². The quantitative estimate of drug-likeness (QED) is 0.227. The van der Waals surface area contributed by atoms with Crippen LogP contribution in [0.2, 0.25) is 0 Å². The Morgan fingerprint density at radius 3 is 2.23 bits per heavy atom. The van der Waals surface area contributed by atoms with Gasteiger partial charge in [-0.25, -0.2) is 0 Å². The van der Waals surface area contributed by atoms with Crippen LogP contribution in [-0.4, -0.2) is 59.0 Å². The number of aromatic nitrogens is 1. The van der Waals surface area contributed by atoms with E-state index in [2.05, 4.69) is 9.88 Å². The minimum atomic E-state index is -5.05. The van der Waals surface area contributed by atoms with Crippen LogP contribution in [0.5, 0.6) is 0 Å². The third-order valence-corrected chi connectivity index (χ3v) is 7.98. The Hall–Kier alpha value is -3.96. The molecule has 3 aromatic carbocycles. The minimum absolute atomic E-state index is 0.0377. The second kappa shape index (κ2) is 13.0. The molecule has 4 aromatic rings. The molecule has 0 spiro atoms. The van der Waals surface area contributed by atoms with Gasteiger partial charge in [0.25, 0.3) is 5.91 Å². The second-order valence-electron chi connectivity index (χ2n) is 11.2. The fourth-order valence-corrected chi connectivity index (χ4v) is 5.72. The third kappa shape index (κ3) is 7.75. The Balaban J connectivity index is 1.39. The molecule has 11 heteroatoms. The summed E-state index contributed by atoms with van der Waals surface area (Å²) in [5.41, 5.74) is 4.64. The molecule has 5 rings (SSSR count). The van der Waals surface area contributed by atoms with Gasteiger partial charge in [-0.15, -0.1) is 0 Å². The van der Waals surface area contributed by atoms with Crippen LogP contribution in [0.4, 0.5) is 26.3 Å². The van der Waals surface area contributed by atoms with Crippen molar-refractivity contribution in [1.82, 2.24) is 14.8 Å². The molecular formula is C33H32F6N4O. The molecule has 1 fully saturated rings. The Kier molecular flexibility index (Phi) is 9.26. The lowest BCUT2D eigenvalue weighted by Crippen LogP contribution is -2.56. The van der Waals surface area contributed by atoms with Crippen LogP contribution in [0.15, 0.2) is 85.2 Å². The Morgan fingerprint density at radius 1 is 0.864 bits per heavy atom. The number of fused-ring (bicyclic) bond motifs is 1. The molecule has 1 saturated heterocycles. The molecular weight excluding hydrogens is 582 g/mol. The molecule has 1 unspecified atom stereocenters. The summed E-state index contributed by atoms with van der Waals surface area (Å²) in [7, 11) is 0. The molecule has 2 atom stereocenters. The predicted molar refractivity (Wildman–Crippen MR) is 156 cm³/mol. The maximum absolute atomic E-state index is 13.7. The molecule has 1 amide bonds. The summed E-state index contributed by atoms with van der Waals surface area (Å²) in [6, 6.07) is 17.9. The van der Waals surface area contributed by atoms with Crippen molar-refractivity contribution in [2.24, 2.45) is 5.73 Å². The summed E-state index contributed by atoms with van der Waals surface area (Å²) in [6.07, 6.45) is -4.96. The highest BCUT2D eigenvalue weighted by molar-refractivity contribution is 5.95. The van der Waals surface area contributed by atoms with E-state index < -0.39 is 41.0 Å². The van der Waals surface area contributed by atoms with E-state index in [-0.39, 0.29) is 18.7 Å². The van der Waals surface area contributed by atoms with Crippen LogP contribution in [-0.2, 0) is 25.2 Å². The largest absolute Gasteiger partial charge is 0.416 e. The average molecular weight is 615 g/mol. The van der Waals surface area contributed by atoms with Gasteiger partial charge in [0.05, 0.1) is 11.1 Å². The summed E-state index contributed by atoms with van der Waals surface area (Å²) >= 11 is 0. The third-order valence-electron chi connectivity index (χ3n) is 7.98. The van der Waals surface area contributed by atoms with Crippen molar-refractivity contribution < 1.29 is 31.1 Å². The molecule has 0 bridgehead atoms. The number of hydrogen-bond donors (Lipinski definition) is 1. The number of nitrogens with zero attached hydrogens (tertiary/aromatic N) is 3. The van der Waals surface area contributed by atoms with Gasteiger partial charge in [0, 0.05) is 49.7 Å². The van der Waals surface area contributed by atoms with Crippen molar-refractivity contribution in [1.29, 1.82) is 0 Å². The van der Waals surface area contributed by atoms with Crippen molar-refractivity contribution in [3.8, 4) is 0 Å². The SMILES string of the molecule is NC(CCN1CCN(C(=O)c2cc(C(F)(F)F)cc(C(F)(F)F)c2)[C@H](Cc2ccc3ccccc3c2)C1)Cc1cccnc1. The zero-order valence-corrected chi connectivity index (χ0v) is 23.8. The molecule has 1 aromatic heterocycles. The number of carbonyl (C=O) groups is 1. The summed E-state index contributed by atoms with van der Waals surface area (Å²) in [4.78, 5) is 21.4. The Bertz CT molecular complexity index is 1560. The number of rotatable bonds is 8. The Labute approximate surface area is 251 Å². The van der Waals surface area contributed by atoms with E-state index in [4.69, 9.17) is 5.73 Å². The molecule has 44 heavy (non-hydrogen) atoms. The van der Waals surface area contributed by atoms with Gasteiger partial charge >= 0.3 is 12.4 Å². The van der Waals surface area contributed by atoms with E-state index in [1.807, 2.05) is 54.6 Å². The van der Waals surface area contributed by atoms with E-state index in [9.17, 15) is 31.1 Å². The normalized spacial score (nSPS) is 17.2. The van der Waals surface area contributed by atoms with Gasteiger partial charge in [-0.2, -0.15) is 26.3 Å². The predicted octanol–water partition coefficient (Wildman–Crippen LogP) is 6.60. The number of nitrogens with two attached hydrogens (primary N) is 1. The van der Waals surface area contributed by atoms with Crippen LogP contribution < -0.4 is 5.73 Å². The maximum Gasteiger partial charge on any atom is 0.416 e. The first-order chi connectivity index (χ1) is 20.9. The molecule has 2 heterocycles. The first-order valence-electron chi connectivity index (χ1n) is 14.3. The lowest BCUT2D eigenvalue weighted by Gasteiger charge is -2.42. The van der Waals surface area contributed by atoms with Gasteiger partial charge in [-0.1, -0.05) is 48.5 Å². The van der Waals surface area contributed by atoms with Crippen LogP contribution in [0.3, 0.4) is 0 Å². The number of alkyl halides is 6. The first kappa shape index (κ1) is 31.5. The van der Waals surface area contributed by atoms with E-state index in [0.29, 0.717) is 51.0 Å². The zero-order valence-electron chi connectivity index (χ0n) is 23.8. The monoisotopic (exact) mass is 614 g/mol.